The summed E-state index contributed by atoms with van der Waals surface area (Å²) in [4.78, 5) is 22.6. The van der Waals surface area contributed by atoms with Crippen molar-refractivity contribution in [1.82, 2.24) is 10.6 Å². The Hall–Kier alpha value is -1.14. The first-order chi connectivity index (χ1) is 7.56. The Kier molecular flexibility index (Phi) is 4.70. The SMILES string of the molecule is CCNC1COCC1C(=O)NC(C)C(N)=O. The Labute approximate surface area is 94.9 Å². The summed E-state index contributed by atoms with van der Waals surface area (Å²) in [6.07, 6.45) is 0. The Bertz CT molecular complexity index is 270. The van der Waals surface area contributed by atoms with Gasteiger partial charge in [0, 0.05) is 6.04 Å². The molecule has 1 saturated heterocycles. The van der Waals surface area contributed by atoms with Crippen molar-refractivity contribution in [2.45, 2.75) is 25.9 Å². The van der Waals surface area contributed by atoms with Gasteiger partial charge in [-0.3, -0.25) is 9.59 Å². The molecule has 3 atom stereocenters. The van der Waals surface area contributed by atoms with E-state index in [0.29, 0.717) is 13.2 Å². The number of hydrogen-bond donors (Lipinski definition) is 3. The maximum atomic E-state index is 11.8. The first-order valence-electron chi connectivity index (χ1n) is 5.47. The Balaban J connectivity index is 2.49. The number of primary amides is 1. The molecule has 0 aromatic rings. The predicted octanol–water partition coefficient (Wildman–Crippen LogP) is -1.40. The van der Waals surface area contributed by atoms with E-state index in [1.165, 1.54) is 0 Å². The van der Waals surface area contributed by atoms with Crippen LogP contribution in [-0.2, 0) is 14.3 Å². The number of carbonyl (C=O) groups excluding carboxylic acids is 2. The molecule has 1 rings (SSSR count). The number of likely N-dealkylation sites (N-methyl/N-ethyl adjacent to an activating group) is 1. The van der Waals surface area contributed by atoms with Crippen LogP contribution in [0.25, 0.3) is 0 Å². The number of ether oxygens (including phenoxy) is 1. The van der Waals surface area contributed by atoms with Crippen LogP contribution in [0.4, 0.5) is 0 Å². The van der Waals surface area contributed by atoms with Gasteiger partial charge in [0.1, 0.15) is 6.04 Å². The van der Waals surface area contributed by atoms with Crippen LogP contribution < -0.4 is 16.4 Å². The molecule has 3 unspecified atom stereocenters. The van der Waals surface area contributed by atoms with Crippen LogP contribution in [0.5, 0.6) is 0 Å². The fourth-order valence-corrected chi connectivity index (χ4v) is 1.67. The molecule has 0 aromatic heterocycles. The molecule has 0 spiro atoms. The molecule has 1 aliphatic heterocycles. The Morgan fingerprint density at radius 2 is 2.19 bits per heavy atom. The zero-order valence-corrected chi connectivity index (χ0v) is 9.66. The van der Waals surface area contributed by atoms with Crippen LogP contribution in [0.3, 0.4) is 0 Å². The number of amides is 2. The second-order valence-corrected chi connectivity index (χ2v) is 3.94. The standard InChI is InChI=1S/C10H19N3O3/c1-3-12-8-5-16-4-7(8)10(15)13-6(2)9(11)14/h6-8,12H,3-5H2,1-2H3,(H2,11,14)(H,13,15). The largest absolute Gasteiger partial charge is 0.379 e. The summed E-state index contributed by atoms with van der Waals surface area (Å²) in [6.45, 7) is 5.23. The zero-order chi connectivity index (χ0) is 12.1. The lowest BCUT2D eigenvalue weighted by Gasteiger charge is -2.19. The molecule has 0 aliphatic carbocycles. The highest BCUT2D eigenvalue weighted by Crippen LogP contribution is 2.13. The fraction of sp³-hybridized carbons (Fsp3) is 0.800. The molecule has 16 heavy (non-hydrogen) atoms. The molecular weight excluding hydrogens is 210 g/mol. The monoisotopic (exact) mass is 229 g/mol. The quantitative estimate of drug-likeness (QED) is 0.540. The van der Waals surface area contributed by atoms with Crippen LogP contribution in [-0.4, -0.2) is 43.7 Å². The van der Waals surface area contributed by atoms with Gasteiger partial charge in [-0.1, -0.05) is 6.92 Å². The average molecular weight is 229 g/mol. The molecule has 1 fully saturated rings. The van der Waals surface area contributed by atoms with Gasteiger partial charge < -0.3 is 21.1 Å². The second kappa shape index (κ2) is 5.81. The van der Waals surface area contributed by atoms with Crippen LogP contribution in [0.2, 0.25) is 0 Å². The highest BCUT2D eigenvalue weighted by Gasteiger charge is 2.34. The van der Waals surface area contributed by atoms with Crippen molar-refractivity contribution in [3.63, 3.8) is 0 Å². The minimum absolute atomic E-state index is 0.0186. The molecule has 4 N–H and O–H groups in total. The van der Waals surface area contributed by atoms with Gasteiger partial charge in [-0.15, -0.1) is 0 Å². The molecule has 0 bridgehead atoms. The lowest BCUT2D eigenvalue weighted by atomic mass is 10.0. The first-order valence-corrected chi connectivity index (χ1v) is 5.47. The van der Waals surface area contributed by atoms with Gasteiger partial charge in [-0.2, -0.15) is 0 Å². The molecule has 6 heteroatoms. The third-order valence-corrected chi connectivity index (χ3v) is 2.67. The fourth-order valence-electron chi connectivity index (χ4n) is 1.67. The van der Waals surface area contributed by atoms with E-state index < -0.39 is 11.9 Å². The Morgan fingerprint density at radius 3 is 2.75 bits per heavy atom. The summed E-state index contributed by atoms with van der Waals surface area (Å²) < 4.78 is 5.25. The Morgan fingerprint density at radius 1 is 1.50 bits per heavy atom. The van der Waals surface area contributed by atoms with Crippen molar-refractivity contribution >= 4 is 11.8 Å². The minimum atomic E-state index is -0.643. The van der Waals surface area contributed by atoms with Crippen molar-refractivity contribution in [3.8, 4) is 0 Å². The molecule has 0 aromatic carbocycles. The normalized spacial score (nSPS) is 26.4. The summed E-state index contributed by atoms with van der Waals surface area (Å²) in [5.41, 5.74) is 5.08. The number of nitrogens with one attached hydrogen (secondary N) is 2. The minimum Gasteiger partial charge on any atom is -0.379 e. The summed E-state index contributed by atoms with van der Waals surface area (Å²) in [7, 11) is 0. The molecule has 0 saturated carbocycles. The summed E-state index contributed by atoms with van der Waals surface area (Å²) in [6, 6.07) is -0.625. The summed E-state index contributed by atoms with van der Waals surface area (Å²) in [5, 5.41) is 5.75. The van der Waals surface area contributed by atoms with E-state index in [9.17, 15) is 9.59 Å². The molecule has 1 aliphatic rings. The van der Waals surface area contributed by atoms with Crippen LogP contribution >= 0.6 is 0 Å². The van der Waals surface area contributed by atoms with E-state index in [4.69, 9.17) is 10.5 Å². The maximum Gasteiger partial charge on any atom is 0.239 e. The van der Waals surface area contributed by atoms with Gasteiger partial charge >= 0.3 is 0 Å². The number of hydrogen-bond acceptors (Lipinski definition) is 4. The third kappa shape index (κ3) is 3.18. The molecule has 92 valence electrons. The second-order valence-electron chi connectivity index (χ2n) is 3.94. The zero-order valence-electron chi connectivity index (χ0n) is 9.66. The van der Waals surface area contributed by atoms with Crippen molar-refractivity contribution in [3.05, 3.63) is 0 Å². The molecule has 0 radical (unpaired) electrons. The van der Waals surface area contributed by atoms with Crippen LogP contribution in [0.15, 0.2) is 0 Å². The first kappa shape index (κ1) is 12.9. The molecular formula is C10H19N3O3. The van der Waals surface area contributed by atoms with Gasteiger partial charge in [-0.25, -0.2) is 0 Å². The molecule has 6 nitrogen and oxygen atoms in total. The van der Waals surface area contributed by atoms with E-state index in [1.54, 1.807) is 6.92 Å². The smallest absolute Gasteiger partial charge is 0.239 e. The van der Waals surface area contributed by atoms with Gasteiger partial charge in [0.05, 0.1) is 19.1 Å². The summed E-state index contributed by atoms with van der Waals surface area (Å²) in [5.74, 6) is -0.969. The molecule has 2 amide bonds. The van der Waals surface area contributed by atoms with Gasteiger partial charge in [-0.05, 0) is 13.5 Å². The van der Waals surface area contributed by atoms with Crippen LogP contribution in [0, 0.1) is 5.92 Å². The molecule has 1 heterocycles. The average Bonchev–Trinajstić information content (AvgIpc) is 2.66. The van der Waals surface area contributed by atoms with Gasteiger partial charge in [0.25, 0.3) is 0 Å². The lowest BCUT2D eigenvalue weighted by molar-refractivity contribution is -0.129. The number of rotatable bonds is 5. The van der Waals surface area contributed by atoms with Gasteiger partial charge in [0.2, 0.25) is 11.8 Å². The number of carbonyl (C=O) groups is 2. The topological polar surface area (TPSA) is 93.4 Å². The van der Waals surface area contributed by atoms with E-state index in [-0.39, 0.29) is 17.9 Å². The number of nitrogens with two attached hydrogens (primary N) is 1. The maximum absolute atomic E-state index is 11.8. The summed E-state index contributed by atoms with van der Waals surface area (Å²) >= 11 is 0. The van der Waals surface area contributed by atoms with Gasteiger partial charge in [0.15, 0.2) is 0 Å². The van der Waals surface area contributed by atoms with E-state index in [1.807, 2.05) is 6.92 Å². The van der Waals surface area contributed by atoms with Crippen molar-refractivity contribution in [2.24, 2.45) is 11.7 Å². The highest BCUT2D eigenvalue weighted by atomic mass is 16.5. The van der Waals surface area contributed by atoms with Crippen molar-refractivity contribution in [2.75, 3.05) is 19.8 Å². The van der Waals surface area contributed by atoms with Crippen molar-refractivity contribution < 1.29 is 14.3 Å². The van der Waals surface area contributed by atoms with E-state index in [2.05, 4.69) is 10.6 Å². The predicted molar refractivity (Wildman–Crippen MR) is 58.6 cm³/mol. The highest BCUT2D eigenvalue weighted by molar-refractivity contribution is 5.87. The lowest BCUT2D eigenvalue weighted by Crippen LogP contribution is -2.49. The van der Waals surface area contributed by atoms with E-state index in [0.717, 1.165) is 6.54 Å². The third-order valence-electron chi connectivity index (χ3n) is 2.67. The van der Waals surface area contributed by atoms with Crippen LogP contribution in [0.1, 0.15) is 13.8 Å². The van der Waals surface area contributed by atoms with E-state index >= 15 is 0 Å². The van der Waals surface area contributed by atoms with Crippen molar-refractivity contribution in [1.29, 1.82) is 0 Å².